The predicted molar refractivity (Wildman–Crippen MR) is 461 cm³/mol. The maximum atomic E-state index is 14.9. The van der Waals surface area contributed by atoms with Crippen LogP contribution in [-0.2, 0) is 71.6 Å². The highest BCUT2D eigenvalue weighted by molar-refractivity contribution is 14.1. The van der Waals surface area contributed by atoms with Crippen molar-refractivity contribution in [2.75, 3.05) is 116 Å². The molecule has 109 heavy (non-hydrogen) atoms. The molecule has 0 aromatic heterocycles. The van der Waals surface area contributed by atoms with Crippen LogP contribution < -0.4 is 31.9 Å². The fourth-order valence-electron chi connectivity index (χ4n) is 9.57. The summed E-state index contributed by atoms with van der Waals surface area (Å²) in [5.41, 5.74) is -1.42. The molecule has 0 saturated heterocycles. The fraction of sp³-hybridized carbons (Fsp3) is 0.484. The number of anilines is 3. The maximum absolute atomic E-state index is 14.9. The summed E-state index contributed by atoms with van der Waals surface area (Å²) in [6.45, 7) is -0.0772. The van der Waals surface area contributed by atoms with Crippen LogP contribution in [0.15, 0.2) is 0 Å². The highest BCUT2D eigenvalue weighted by atomic mass is 127. The molecule has 12 N–H and O–H groups in total. The highest BCUT2D eigenvalue weighted by Crippen LogP contribution is 2.40. The van der Waals surface area contributed by atoms with Gasteiger partial charge in [-0.05, 0) is 228 Å². The Kier molecular flexibility index (Phi) is 43.5. The third-order valence-corrected chi connectivity index (χ3v) is 24.5. The number of likely N-dealkylation sites (N-methyl/N-ethyl adjacent to an activating group) is 3. The van der Waals surface area contributed by atoms with E-state index in [1.165, 1.54) is 21.1 Å². The molecular weight excluding hydrogens is 2470 g/mol. The largest absolute Gasteiger partial charge is 0.461 e. The Morgan fingerprint density at radius 1 is 0.339 bits per heavy atom. The van der Waals surface area contributed by atoms with Gasteiger partial charge in [0.2, 0.25) is 18.3 Å². The smallest absolute Gasteiger partial charge is 0.303 e. The predicted octanol–water partition coefficient (Wildman–Crippen LogP) is 3.08. The van der Waals surface area contributed by atoms with Crippen molar-refractivity contribution in [1.29, 1.82) is 0 Å². The van der Waals surface area contributed by atoms with E-state index < -0.39 is 191 Å². The summed E-state index contributed by atoms with van der Waals surface area (Å²) in [4.78, 5) is 205. The Morgan fingerprint density at radius 2 is 0.550 bits per heavy atom. The number of ether oxygens (including phenoxy) is 6. The molecule has 3 aromatic rings. The van der Waals surface area contributed by atoms with Gasteiger partial charge in [0.05, 0.1) is 110 Å². The molecule has 9 amide bonds. The van der Waals surface area contributed by atoms with E-state index >= 15 is 0 Å². The minimum absolute atomic E-state index is 0.0129. The van der Waals surface area contributed by atoms with Crippen molar-refractivity contribution in [3.63, 3.8) is 0 Å². The van der Waals surface area contributed by atoms with Crippen molar-refractivity contribution >= 4 is 309 Å². The molecule has 0 radical (unpaired) electrons. The first kappa shape index (κ1) is 99.2. The Bertz CT molecular complexity index is 3600. The number of hydrogen-bond acceptors (Lipinski definition) is 27. The third-order valence-electron chi connectivity index (χ3n) is 14.8. The van der Waals surface area contributed by atoms with Gasteiger partial charge in [-0.1, -0.05) is 0 Å². The molecule has 0 heterocycles. The van der Waals surface area contributed by atoms with Gasteiger partial charge in [0.15, 0.2) is 0 Å². The Hall–Kier alpha value is -3.96. The molecule has 0 spiro atoms. The standard InChI is InChI=1S/C64H76I9N9O27/c1-25(86)104-22-35(107-28(4)89)56(95)77-53-47(68)38(44(65)41(50(53)71)62(101)80(7)16-32(92)19-83)59(98)74-13-10-31(11-14-75-60(99)39-45(66)42(63(102)81(8)17-33(93)20-84)51(72)54(48(39)69)78-57(96)36(108-29(5)90)23-105-26(2)87)12-15-76-61(100)40-46(67)43(64(103)82(9)18-34(94)21-85)52(73)55(49(40)70)79-58(97)37(109-30(6)91)24-106-27(3)88/h31-37,83-85,92-94H,10-24H2,1-9H3,(H,74,98)(H,75,99)(H,76,100)(H,77,95)(H,78,96)(H,79,97). The van der Waals surface area contributed by atoms with E-state index in [-0.39, 0.29) is 121 Å². The van der Waals surface area contributed by atoms with Gasteiger partial charge in [-0.3, -0.25) is 71.9 Å². The zero-order chi connectivity index (χ0) is 82.9. The molecule has 0 aliphatic carbocycles. The number of halogens is 9. The van der Waals surface area contributed by atoms with Crippen molar-refractivity contribution in [3.05, 3.63) is 65.5 Å². The number of aliphatic hydroxyl groups is 6. The number of benzene rings is 3. The number of nitrogens with zero attached hydrogens (tertiary/aromatic N) is 3. The van der Waals surface area contributed by atoms with Gasteiger partial charge < -0.3 is 106 Å². The van der Waals surface area contributed by atoms with Crippen LogP contribution in [0.25, 0.3) is 0 Å². The molecule has 0 fully saturated rings. The summed E-state index contributed by atoms with van der Waals surface area (Å²) in [6.07, 6.45) is -9.38. The molecule has 0 aliphatic rings. The van der Waals surface area contributed by atoms with Crippen molar-refractivity contribution in [2.45, 2.75) is 97.4 Å². The van der Waals surface area contributed by atoms with Gasteiger partial charge in [0.1, 0.15) is 19.8 Å². The Balaban J connectivity index is 2.34. The number of amides is 9. The number of carbonyl (C=O) groups is 15. The quantitative estimate of drug-likeness (QED) is 0.0222. The highest BCUT2D eigenvalue weighted by Gasteiger charge is 2.37. The number of carbonyl (C=O) groups excluding carboxylic acids is 15. The van der Waals surface area contributed by atoms with E-state index in [2.05, 4.69) is 31.9 Å². The SMILES string of the molecule is CC(=O)OCC(OC(C)=O)C(=O)Nc1c(I)c(C(=O)NCCC(CCNC(=O)c2c(I)c(NC(=O)C(COC(C)=O)OC(C)=O)c(I)c(C(=O)N(C)CC(O)CO)c2I)CCNC(=O)c2c(I)c(NC(=O)C(COC(C)=O)OC(C)=O)c(I)c(C(=O)N(C)CC(O)CO)c2I)c(I)c(C(=O)N(C)CC(O)CO)c1I. The lowest BCUT2D eigenvalue weighted by Gasteiger charge is -2.25. The van der Waals surface area contributed by atoms with Crippen LogP contribution in [0.3, 0.4) is 0 Å². The molecule has 6 atom stereocenters. The van der Waals surface area contributed by atoms with Crippen LogP contribution in [-0.4, -0.2) is 271 Å². The van der Waals surface area contributed by atoms with E-state index in [1.54, 1.807) is 203 Å². The average molecular weight is 2550 g/mol. The fourth-order valence-corrected chi connectivity index (χ4v) is 22.7. The summed E-state index contributed by atoms with van der Waals surface area (Å²) in [5, 5.41) is 76.3. The molecule has 0 aliphatic heterocycles. The van der Waals surface area contributed by atoms with Crippen molar-refractivity contribution in [2.24, 2.45) is 5.92 Å². The number of nitrogens with one attached hydrogen (secondary N) is 6. The van der Waals surface area contributed by atoms with Gasteiger partial charge in [-0.15, -0.1) is 0 Å². The van der Waals surface area contributed by atoms with Crippen molar-refractivity contribution < 1.29 is 131 Å². The van der Waals surface area contributed by atoms with Gasteiger partial charge in [-0.2, -0.15) is 0 Å². The first-order chi connectivity index (χ1) is 50.9. The van der Waals surface area contributed by atoms with Crippen LogP contribution in [0.5, 0.6) is 0 Å². The molecule has 3 aromatic carbocycles. The summed E-state index contributed by atoms with van der Waals surface area (Å²) < 4.78 is 30.9. The molecule has 36 nitrogen and oxygen atoms in total. The lowest BCUT2D eigenvalue weighted by molar-refractivity contribution is -0.160. The van der Waals surface area contributed by atoms with E-state index in [0.29, 0.717) is 0 Å². The first-order valence-electron chi connectivity index (χ1n) is 31.8. The first-order valence-corrected chi connectivity index (χ1v) is 41.5. The van der Waals surface area contributed by atoms with Crippen molar-refractivity contribution in [1.82, 2.24) is 30.7 Å². The minimum atomic E-state index is -1.73. The van der Waals surface area contributed by atoms with Gasteiger partial charge >= 0.3 is 35.8 Å². The average Bonchev–Trinajstić information content (AvgIpc) is 0.775. The second kappa shape index (κ2) is 47.8. The lowest BCUT2D eigenvalue weighted by Crippen LogP contribution is -2.39. The van der Waals surface area contributed by atoms with Gasteiger partial charge in [0, 0.05) is 113 Å². The molecular formula is C64H76I9N9O27. The second-order valence-corrected chi connectivity index (χ2v) is 33.1. The topological polar surface area (TPSA) is 515 Å². The Labute approximate surface area is 746 Å². The molecule has 0 bridgehead atoms. The van der Waals surface area contributed by atoms with Crippen LogP contribution in [0.2, 0.25) is 0 Å². The zero-order valence-electron chi connectivity index (χ0n) is 59.1. The van der Waals surface area contributed by atoms with Crippen LogP contribution in [0.4, 0.5) is 17.1 Å². The molecule has 3 rings (SSSR count). The van der Waals surface area contributed by atoms with Crippen LogP contribution in [0, 0.1) is 38.0 Å². The van der Waals surface area contributed by atoms with E-state index in [9.17, 15) is 103 Å². The molecule has 0 saturated carbocycles. The third kappa shape index (κ3) is 29.7. The summed E-state index contributed by atoms with van der Waals surface area (Å²) in [5.74, 6) is -13.9. The number of hydrogen-bond donors (Lipinski definition) is 12. The van der Waals surface area contributed by atoms with Crippen LogP contribution in [0.1, 0.15) is 123 Å². The molecule has 602 valence electrons. The van der Waals surface area contributed by atoms with E-state index in [1.807, 2.05) is 0 Å². The van der Waals surface area contributed by atoms with Crippen molar-refractivity contribution in [3.8, 4) is 0 Å². The number of esters is 6. The molecule has 45 heteroatoms. The molecule has 6 unspecified atom stereocenters. The van der Waals surface area contributed by atoms with Gasteiger partial charge in [-0.25, -0.2) is 0 Å². The zero-order valence-corrected chi connectivity index (χ0v) is 78.6. The normalized spacial score (nSPS) is 12.9. The van der Waals surface area contributed by atoms with E-state index in [0.717, 1.165) is 56.2 Å². The van der Waals surface area contributed by atoms with E-state index in [4.69, 9.17) is 28.4 Å². The number of aliphatic hydroxyl groups excluding tert-OH is 6. The van der Waals surface area contributed by atoms with Crippen LogP contribution >= 0.6 is 203 Å². The number of rotatable bonds is 39. The Morgan fingerprint density at radius 3 is 0.743 bits per heavy atom. The minimum Gasteiger partial charge on any atom is -0.461 e. The second-order valence-electron chi connectivity index (χ2n) is 23.4. The summed E-state index contributed by atoms with van der Waals surface area (Å²) in [6, 6.07) is 0. The maximum Gasteiger partial charge on any atom is 0.303 e. The van der Waals surface area contributed by atoms with Gasteiger partial charge in [0.25, 0.3) is 53.2 Å². The summed E-state index contributed by atoms with van der Waals surface area (Å²) in [7, 11) is 3.93. The summed E-state index contributed by atoms with van der Waals surface area (Å²) >= 11 is 15.8. The monoisotopic (exact) mass is 2540 g/mol. The lowest BCUT2D eigenvalue weighted by atomic mass is 9.96.